The van der Waals surface area contributed by atoms with Crippen molar-refractivity contribution >= 4 is 27.4 Å². The number of benzene rings is 2. The molecule has 0 unspecified atom stereocenters. The molecule has 0 fully saturated rings. The Morgan fingerprint density at radius 2 is 1.79 bits per heavy atom. The van der Waals surface area contributed by atoms with Crippen molar-refractivity contribution in [2.45, 2.75) is 31.0 Å². The molecule has 0 radical (unpaired) electrons. The third-order valence-electron chi connectivity index (χ3n) is 4.55. The molecule has 29 heavy (non-hydrogen) atoms. The predicted molar refractivity (Wildman–Crippen MR) is 98.9 cm³/mol. The molecule has 0 atom stereocenters. The van der Waals surface area contributed by atoms with E-state index in [9.17, 15) is 31.2 Å². The van der Waals surface area contributed by atoms with Crippen LogP contribution in [0.1, 0.15) is 28.4 Å². The average Bonchev–Trinajstić information content (AvgIpc) is 2.65. The van der Waals surface area contributed by atoms with Gasteiger partial charge in [0.25, 0.3) is 10.0 Å². The number of hydrogen-bond donors (Lipinski definition) is 1. The zero-order chi connectivity index (χ0) is 21.4. The first kappa shape index (κ1) is 20.8. The number of anilines is 1. The number of ketones is 1. The topological polar surface area (TPSA) is 83.6 Å². The first-order valence-corrected chi connectivity index (χ1v) is 10.1. The van der Waals surface area contributed by atoms with Crippen molar-refractivity contribution < 1.29 is 31.2 Å². The Kier molecular flexibility index (Phi) is 5.40. The molecule has 0 bridgehead atoms. The van der Waals surface area contributed by atoms with E-state index in [2.05, 4.69) is 4.72 Å². The van der Waals surface area contributed by atoms with Crippen molar-refractivity contribution in [1.29, 1.82) is 0 Å². The molecule has 154 valence electrons. The molecule has 0 spiro atoms. The highest BCUT2D eigenvalue weighted by Gasteiger charge is 2.43. The second-order valence-corrected chi connectivity index (χ2v) is 8.33. The largest absolute Gasteiger partial charge is 0.471 e. The summed E-state index contributed by atoms with van der Waals surface area (Å²) in [4.78, 5) is 23.5. The number of carbonyl (C=O) groups excluding carboxylic acids is 2. The number of hydrogen-bond acceptors (Lipinski definition) is 4. The van der Waals surface area contributed by atoms with Crippen molar-refractivity contribution in [2.24, 2.45) is 0 Å². The molecule has 1 heterocycles. The van der Waals surface area contributed by atoms with Gasteiger partial charge in [0.05, 0.1) is 4.90 Å². The van der Waals surface area contributed by atoms with Crippen LogP contribution in [0.5, 0.6) is 0 Å². The highest BCUT2D eigenvalue weighted by Crippen LogP contribution is 2.27. The second-order valence-electron chi connectivity index (χ2n) is 6.65. The first-order chi connectivity index (χ1) is 13.5. The molecular formula is C19H17F3N2O4S. The molecule has 3 rings (SSSR count). The van der Waals surface area contributed by atoms with Crippen molar-refractivity contribution in [1.82, 2.24) is 4.90 Å². The summed E-state index contributed by atoms with van der Waals surface area (Å²) < 4.78 is 65.8. The van der Waals surface area contributed by atoms with E-state index >= 15 is 0 Å². The Bertz CT molecular complexity index is 1080. The lowest BCUT2D eigenvalue weighted by molar-refractivity contribution is -0.186. The predicted octanol–water partition coefficient (Wildman–Crippen LogP) is 3.14. The number of amides is 1. The number of nitrogens with zero attached hydrogens (tertiary/aromatic N) is 1. The molecule has 0 aromatic heterocycles. The number of Topliss-reactive ketones (excluding diaryl/α,β-unsaturated/α-hetero) is 1. The number of carbonyl (C=O) groups is 2. The summed E-state index contributed by atoms with van der Waals surface area (Å²) in [5.74, 6) is -2.18. The summed E-state index contributed by atoms with van der Waals surface area (Å²) in [5, 5.41) is 0. The van der Waals surface area contributed by atoms with Crippen LogP contribution in [0.2, 0.25) is 0 Å². The van der Waals surface area contributed by atoms with E-state index in [-0.39, 0.29) is 35.9 Å². The van der Waals surface area contributed by atoms with Gasteiger partial charge in [-0.3, -0.25) is 14.3 Å². The zero-order valence-corrected chi connectivity index (χ0v) is 16.1. The van der Waals surface area contributed by atoms with E-state index in [0.29, 0.717) is 21.6 Å². The van der Waals surface area contributed by atoms with E-state index in [1.807, 2.05) is 0 Å². The molecule has 6 nitrogen and oxygen atoms in total. The molecule has 1 aliphatic heterocycles. The van der Waals surface area contributed by atoms with Crippen LogP contribution in [0.15, 0.2) is 47.4 Å². The number of alkyl halides is 3. The van der Waals surface area contributed by atoms with Crippen molar-refractivity contribution in [3.8, 4) is 0 Å². The molecule has 1 N–H and O–H groups in total. The summed E-state index contributed by atoms with van der Waals surface area (Å²) in [6.45, 7) is 0.940. The Morgan fingerprint density at radius 3 is 2.45 bits per heavy atom. The fraction of sp³-hybridized carbons (Fsp3) is 0.263. The van der Waals surface area contributed by atoms with Crippen molar-refractivity contribution in [2.75, 3.05) is 11.3 Å². The van der Waals surface area contributed by atoms with Gasteiger partial charge in [0.2, 0.25) is 0 Å². The van der Waals surface area contributed by atoms with Gasteiger partial charge in [-0.25, -0.2) is 8.42 Å². The molecule has 10 heteroatoms. The summed E-state index contributed by atoms with van der Waals surface area (Å²) >= 11 is 0. The van der Waals surface area contributed by atoms with Crippen LogP contribution in [-0.2, 0) is 27.8 Å². The van der Waals surface area contributed by atoms with Crippen LogP contribution < -0.4 is 4.72 Å². The van der Waals surface area contributed by atoms with Crippen molar-refractivity contribution in [3.63, 3.8) is 0 Å². The number of sulfonamides is 1. The van der Waals surface area contributed by atoms with Gasteiger partial charge in [-0.05, 0) is 48.7 Å². The number of fused-ring (bicyclic) bond motifs is 1. The Morgan fingerprint density at radius 1 is 1.07 bits per heavy atom. The summed E-state index contributed by atoms with van der Waals surface area (Å²) in [5.41, 5.74) is 1.55. The van der Waals surface area contributed by atoms with Crippen molar-refractivity contribution in [3.05, 3.63) is 59.2 Å². The third kappa shape index (κ3) is 4.58. The van der Waals surface area contributed by atoms with Crippen LogP contribution in [0.4, 0.5) is 18.9 Å². The minimum absolute atomic E-state index is 0.0898. The number of halogens is 3. The normalized spacial score (nSPS) is 14.3. The molecule has 0 aliphatic carbocycles. The van der Waals surface area contributed by atoms with Crippen LogP contribution in [0.25, 0.3) is 0 Å². The first-order valence-electron chi connectivity index (χ1n) is 8.59. The van der Waals surface area contributed by atoms with Gasteiger partial charge in [0.15, 0.2) is 5.78 Å². The minimum atomic E-state index is -4.98. The van der Waals surface area contributed by atoms with Crippen LogP contribution in [-0.4, -0.2) is 37.7 Å². The maximum Gasteiger partial charge on any atom is 0.471 e. The molecule has 2 aromatic carbocycles. The summed E-state index contributed by atoms with van der Waals surface area (Å²) in [7, 11) is -4.04. The fourth-order valence-corrected chi connectivity index (χ4v) is 4.17. The molecule has 0 saturated carbocycles. The third-order valence-corrected chi connectivity index (χ3v) is 5.93. The molecule has 1 aliphatic rings. The van der Waals surface area contributed by atoms with Gasteiger partial charge in [0.1, 0.15) is 0 Å². The van der Waals surface area contributed by atoms with Gasteiger partial charge in [-0.15, -0.1) is 0 Å². The number of rotatable bonds is 4. The quantitative estimate of drug-likeness (QED) is 0.762. The number of nitrogens with one attached hydrogen (secondary N) is 1. The monoisotopic (exact) mass is 426 g/mol. The van der Waals surface area contributed by atoms with Crippen LogP contribution in [0, 0.1) is 0 Å². The molecular weight excluding hydrogens is 409 g/mol. The van der Waals surface area contributed by atoms with E-state index in [1.165, 1.54) is 43.3 Å². The maximum absolute atomic E-state index is 12.7. The highest BCUT2D eigenvalue weighted by atomic mass is 32.2. The lowest BCUT2D eigenvalue weighted by Gasteiger charge is -2.29. The van der Waals surface area contributed by atoms with Crippen LogP contribution in [0.3, 0.4) is 0 Å². The van der Waals surface area contributed by atoms with E-state index in [0.717, 1.165) is 0 Å². The van der Waals surface area contributed by atoms with Gasteiger partial charge < -0.3 is 4.90 Å². The molecule has 0 saturated heterocycles. The van der Waals surface area contributed by atoms with Gasteiger partial charge in [-0.2, -0.15) is 13.2 Å². The highest BCUT2D eigenvalue weighted by molar-refractivity contribution is 7.92. The van der Waals surface area contributed by atoms with Crippen LogP contribution >= 0.6 is 0 Å². The standard InChI is InChI=1S/C19H17F3N2O4S/c1-12(25)14-3-2-4-16(9-14)23-29(27,28)17-6-5-13-7-8-24(11-15(13)10-17)18(26)19(20,21)22/h2-6,9-10,23H,7-8,11H2,1H3. The Balaban J connectivity index is 1.86. The smallest absolute Gasteiger partial charge is 0.330 e. The lowest BCUT2D eigenvalue weighted by atomic mass is 10.00. The van der Waals surface area contributed by atoms with Gasteiger partial charge in [-0.1, -0.05) is 18.2 Å². The molecule has 1 amide bonds. The Labute approximate surface area is 165 Å². The second kappa shape index (κ2) is 7.51. The van der Waals surface area contributed by atoms with Gasteiger partial charge in [0, 0.05) is 24.3 Å². The minimum Gasteiger partial charge on any atom is -0.330 e. The lowest BCUT2D eigenvalue weighted by Crippen LogP contribution is -2.43. The zero-order valence-electron chi connectivity index (χ0n) is 15.3. The Hall–Kier alpha value is -2.88. The average molecular weight is 426 g/mol. The van der Waals surface area contributed by atoms with E-state index in [1.54, 1.807) is 6.07 Å². The maximum atomic E-state index is 12.7. The summed E-state index contributed by atoms with van der Waals surface area (Å²) in [6.07, 6.45) is -4.78. The van der Waals surface area contributed by atoms with E-state index in [4.69, 9.17) is 0 Å². The molecule has 2 aromatic rings. The van der Waals surface area contributed by atoms with Gasteiger partial charge >= 0.3 is 12.1 Å². The summed E-state index contributed by atoms with van der Waals surface area (Å²) in [6, 6.07) is 10.1. The fourth-order valence-electron chi connectivity index (χ4n) is 3.07. The SMILES string of the molecule is CC(=O)c1cccc(NS(=O)(=O)c2ccc3c(c2)CN(C(=O)C(F)(F)F)CC3)c1. The van der Waals surface area contributed by atoms with E-state index < -0.39 is 22.1 Å².